The molecule has 0 spiro atoms. The van der Waals surface area contributed by atoms with E-state index in [0.717, 1.165) is 16.9 Å². The summed E-state index contributed by atoms with van der Waals surface area (Å²) in [6.07, 6.45) is 0. The highest BCUT2D eigenvalue weighted by Crippen LogP contribution is 2.24. The molecule has 86 valence electrons. The van der Waals surface area contributed by atoms with Gasteiger partial charge in [0, 0.05) is 18.7 Å². The highest BCUT2D eigenvalue weighted by atomic mass is 32.1. The van der Waals surface area contributed by atoms with Crippen LogP contribution in [0.5, 0.6) is 0 Å². The van der Waals surface area contributed by atoms with Gasteiger partial charge in [0.05, 0.1) is 0 Å². The molecule has 0 saturated heterocycles. The second kappa shape index (κ2) is 4.47. The largest absolute Gasteiger partial charge is 0.441 e. The molecule has 0 saturated carbocycles. The van der Waals surface area contributed by atoms with Crippen molar-refractivity contribution in [1.82, 2.24) is 9.88 Å². The molecule has 2 rings (SSSR count). The zero-order chi connectivity index (χ0) is 11.7. The Hall–Kier alpha value is -1.00. The van der Waals surface area contributed by atoms with Gasteiger partial charge in [-0.05, 0) is 31.8 Å². The fraction of sp³-hybridized carbons (Fsp3) is 0.417. The molecule has 0 aliphatic carbocycles. The maximum atomic E-state index is 5.53. The molecule has 16 heavy (non-hydrogen) atoms. The van der Waals surface area contributed by atoms with Crippen LogP contribution in [-0.4, -0.2) is 29.7 Å². The van der Waals surface area contributed by atoms with Crippen molar-refractivity contribution >= 4 is 23.7 Å². The second-order valence-corrected chi connectivity index (χ2v) is 4.49. The number of benzene rings is 1. The van der Waals surface area contributed by atoms with Crippen LogP contribution in [0.3, 0.4) is 0 Å². The fourth-order valence-corrected chi connectivity index (χ4v) is 2.37. The van der Waals surface area contributed by atoms with Crippen molar-refractivity contribution in [1.29, 1.82) is 0 Å². The van der Waals surface area contributed by atoms with Gasteiger partial charge in [0.1, 0.15) is 5.52 Å². The molecule has 0 aliphatic heterocycles. The van der Waals surface area contributed by atoms with E-state index in [9.17, 15) is 0 Å². The van der Waals surface area contributed by atoms with E-state index in [1.54, 1.807) is 0 Å². The van der Waals surface area contributed by atoms with E-state index in [4.69, 9.17) is 4.42 Å². The lowest BCUT2D eigenvalue weighted by molar-refractivity contribution is 0.326. The third-order valence-corrected chi connectivity index (χ3v) is 3.05. The third-order valence-electron chi connectivity index (χ3n) is 2.70. The molecule has 0 aliphatic rings. The Morgan fingerprint density at radius 3 is 2.81 bits per heavy atom. The molecule has 0 N–H and O–H groups in total. The molecule has 0 bridgehead atoms. The van der Waals surface area contributed by atoms with Crippen LogP contribution in [-0.2, 0) is 0 Å². The Kier molecular flexibility index (Phi) is 3.21. The Morgan fingerprint density at radius 1 is 1.44 bits per heavy atom. The normalized spacial score (nSPS) is 13.6. The SMILES string of the molecule is Cc1nc2ccc(C(CS)N(C)C)cc2o1. The third kappa shape index (κ3) is 2.08. The number of nitrogens with zero attached hydrogens (tertiary/aromatic N) is 2. The van der Waals surface area contributed by atoms with Crippen molar-refractivity contribution < 1.29 is 4.42 Å². The number of rotatable bonds is 3. The van der Waals surface area contributed by atoms with E-state index < -0.39 is 0 Å². The summed E-state index contributed by atoms with van der Waals surface area (Å²) in [6.45, 7) is 1.86. The standard InChI is InChI=1S/C12H16N2OS/c1-8-13-10-5-4-9(6-12(10)15-8)11(7-16)14(2)3/h4-6,11,16H,7H2,1-3H3. The molecule has 1 aromatic heterocycles. The molecule has 0 fully saturated rings. The van der Waals surface area contributed by atoms with Crippen LogP contribution >= 0.6 is 12.6 Å². The minimum absolute atomic E-state index is 0.304. The molecular weight excluding hydrogens is 220 g/mol. The molecule has 1 aromatic carbocycles. The van der Waals surface area contributed by atoms with Crippen molar-refractivity contribution in [3.8, 4) is 0 Å². The summed E-state index contributed by atoms with van der Waals surface area (Å²) in [5, 5.41) is 0. The first-order valence-electron chi connectivity index (χ1n) is 5.26. The van der Waals surface area contributed by atoms with Gasteiger partial charge in [-0.25, -0.2) is 4.98 Å². The van der Waals surface area contributed by atoms with E-state index in [-0.39, 0.29) is 0 Å². The highest BCUT2D eigenvalue weighted by Gasteiger charge is 2.13. The topological polar surface area (TPSA) is 29.3 Å². The molecule has 0 amide bonds. The first-order chi connectivity index (χ1) is 7.61. The number of hydrogen-bond acceptors (Lipinski definition) is 4. The van der Waals surface area contributed by atoms with E-state index in [2.05, 4.69) is 48.7 Å². The van der Waals surface area contributed by atoms with Crippen molar-refractivity contribution in [2.45, 2.75) is 13.0 Å². The average Bonchev–Trinajstić information content (AvgIpc) is 2.57. The first-order valence-corrected chi connectivity index (χ1v) is 5.89. The highest BCUT2D eigenvalue weighted by molar-refractivity contribution is 7.80. The number of aromatic nitrogens is 1. The lowest BCUT2D eigenvalue weighted by atomic mass is 10.1. The zero-order valence-electron chi connectivity index (χ0n) is 9.77. The van der Waals surface area contributed by atoms with Gasteiger partial charge in [0.2, 0.25) is 0 Å². The summed E-state index contributed by atoms with van der Waals surface area (Å²) < 4.78 is 5.53. The van der Waals surface area contributed by atoms with Gasteiger partial charge in [0.25, 0.3) is 0 Å². The number of hydrogen-bond donors (Lipinski definition) is 1. The molecule has 1 unspecified atom stereocenters. The summed E-state index contributed by atoms with van der Waals surface area (Å²) in [5.74, 6) is 1.49. The maximum Gasteiger partial charge on any atom is 0.192 e. The summed E-state index contributed by atoms with van der Waals surface area (Å²) in [4.78, 5) is 6.44. The molecule has 3 nitrogen and oxygen atoms in total. The van der Waals surface area contributed by atoms with Gasteiger partial charge >= 0.3 is 0 Å². The van der Waals surface area contributed by atoms with Gasteiger partial charge in [-0.15, -0.1) is 0 Å². The van der Waals surface area contributed by atoms with Gasteiger partial charge in [0.15, 0.2) is 11.5 Å². The van der Waals surface area contributed by atoms with E-state index in [0.29, 0.717) is 11.9 Å². The van der Waals surface area contributed by atoms with Crippen molar-refractivity contribution in [3.05, 3.63) is 29.7 Å². The van der Waals surface area contributed by atoms with Crippen LogP contribution in [0.1, 0.15) is 17.5 Å². The lowest BCUT2D eigenvalue weighted by Crippen LogP contribution is -2.21. The van der Waals surface area contributed by atoms with Crippen molar-refractivity contribution in [2.24, 2.45) is 0 Å². The second-order valence-electron chi connectivity index (χ2n) is 4.12. The number of aryl methyl sites for hydroxylation is 1. The zero-order valence-corrected chi connectivity index (χ0v) is 10.7. The predicted octanol–water partition coefficient (Wildman–Crippen LogP) is 2.67. The summed E-state index contributed by atoms with van der Waals surface area (Å²) in [7, 11) is 4.10. The average molecular weight is 236 g/mol. The molecule has 4 heteroatoms. The van der Waals surface area contributed by atoms with Crippen molar-refractivity contribution in [3.63, 3.8) is 0 Å². The van der Waals surface area contributed by atoms with E-state index in [1.165, 1.54) is 5.56 Å². The van der Waals surface area contributed by atoms with E-state index >= 15 is 0 Å². The predicted molar refractivity (Wildman–Crippen MR) is 69.0 cm³/mol. The molecular formula is C12H16N2OS. The summed E-state index contributed by atoms with van der Waals surface area (Å²) in [6, 6.07) is 6.45. The van der Waals surface area contributed by atoms with E-state index in [1.807, 2.05) is 13.0 Å². The van der Waals surface area contributed by atoms with Crippen LogP contribution < -0.4 is 0 Å². The summed E-state index contributed by atoms with van der Waals surface area (Å²) >= 11 is 4.38. The Morgan fingerprint density at radius 2 is 2.19 bits per heavy atom. The Balaban J connectivity index is 2.44. The first kappa shape index (κ1) is 11.5. The molecule has 1 atom stereocenters. The number of thiol groups is 1. The minimum atomic E-state index is 0.304. The minimum Gasteiger partial charge on any atom is -0.441 e. The number of oxazole rings is 1. The smallest absolute Gasteiger partial charge is 0.192 e. The molecule has 0 radical (unpaired) electrons. The van der Waals surface area contributed by atoms with Gasteiger partial charge in [-0.3, -0.25) is 0 Å². The van der Waals surface area contributed by atoms with Crippen LogP contribution in [0.15, 0.2) is 22.6 Å². The van der Waals surface area contributed by atoms with Crippen LogP contribution in [0.2, 0.25) is 0 Å². The van der Waals surface area contributed by atoms with Gasteiger partial charge < -0.3 is 9.32 Å². The molecule has 2 aromatic rings. The summed E-state index contributed by atoms with van der Waals surface area (Å²) in [5.41, 5.74) is 2.98. The fourth-order valence-electron chi connectivity index (χ4n) is 1.83. The Bertz CT molecular complexity index is 493. The van der Waals surface area contributed by atoms with Gasteiger partial charge in [-0.2, -0.15) is 12.6 Å². The van der Waals surface area contributed by atoms with Crippen LogP contribution in [0.25, 0.3) is 11.1 Å². The lowest BCUT2D eigenvalue weighted by Gasteiger charge is -2.22. The molecule has 1 heterocycles. The van der Waals surface area contributed by atoms with Crippen LogP contribution in [0.4, 0.5) is 0 Å². The van der Waals surface area contributed by atoms with Gasteiger partial charge in [-0.1, -0.05) is 6.07 Å². The monoisotopic (exact) mass is 236 g/mol. The van der Waals surface area contributed by atoms with Crippen molar-refractivity contribution in [2.75, 3.05) is 19.8 Å². The quantitative estimate of drug-likeness (QED) is 0.831. The maximum absolute atomic E-state index is 5.53. The number of fused-ring (bicyclic) bond motifs is 1. The Labute approximate surface area is 101 Å². The van der Waals surface area contributed by atoms with Crippen LogP contribution in [0, 0.1) is 6.92 Å².